The van der Waals surface area contributed by atoms with E-state index >= 15 is 0 Å². The van der Waals surface area contributed by atoms with E-state index in [1.165, 1.54) is 0 Å². The van der Waals surface area contributed by atoms with Crippen molar-refractivity contribution in [1.82, 2.24) is 19.7 Å². The summed E-state index contributed by atoms with van der Waals surface area (Å²) in [6, 6.07) is 21.8. The van der Waals surface area contributed by atoms with E-state index in [0.29, 0.717) is 5.02 Å². The average Bonchev–Trinajstić information content (AvgIpc) is 3.12. The number of benzene rings is 3. The number of hydrogen-bond acceptors (Lipinski definition) is 4. The predicted octanol–water partition coefficient (Wildman–Crippen LogP) is 5.37. The zero-order valence-electron chi connectivity index (χ0n) is 14.2. The second-order valence-electron chi connectivity index (χ2n) is 6.17. The zero-order valence-corrected chi connectivity index (χ0v) is 14.9. The van der Waals surface area contributed by atoms with Crippen LogP contribution in [0.2, 0.25) is 5.02 Å². The molecule has 0 amide bonds. The molecule has 0 atom stereocenters. The van der Waals surface area contributed by atoms with Gasteiger partial charge in [-0.1, -0.05) is 48.0 Å². The van der Waals surface area contributed by atoms with Crippen LogP contribution < -0.4 is 5.32 Å². The summed E-state index contributed by atoms with van der Waals surface area (Å²) in [6.45, 7) is 0. The van der Waals surface area contributed by atoms with Gasteiger partial charge in [-0.2, -0.15) is 5.10 Å². The summed E-state index contributed by atoms with van der Waals surface area (Å²) in [5.74, 6) is 0.720. The van der Waals surface area contributed by atoms with Gasteiger partial charge in [-0.25, -0.2) is 4.98 Å². The van der Waals surface area contributed by atoms with E-state index < -0.39 is 0 Å². The van der Waals surface area contributed by atoms with E-state index in [9.17, 15) is 0 Å². The van der Waals surface area contributed by atoms with Crippen LogP contribution in [0.25, 0.3) is 27.5 Å². The zero-order chi connectivity index (χ0) is 18.2. The fraction of sp³-hybridized carbons (Fsp3) is 0. The molecule has 0 unspecified atom stereocenters. The molecule has 130 valence electrons. The van der Waals surface area contributed by atoms with Gasteiger partial charge in [-0.15, -0.1) is 5.10 Å². The standard InChI is InChI=1S/C21H14ClN5/c22-17-7-3-4-8-19(17)27-13-23-18-11-15(9-10-20(18)27)25-21-16-6-2-1-5-14(16)12-24-26-21/h1-13H,(H,25,26). The van der Waals surface area contributed by atoms with Crippen molar-refractivity contribution in [1.29, 1.82) is 0 Å². The third-order valence-corrected chi connectivity index (χ3v) is 4.81. The summed E-state index contributed by atoms with van der Waals surface area (Å²) in [4.78, 5) is 4.53. The van der Waals surface area contributed by atoms with Gasteiger partial charge < -0.3 is 5.32 Å². The molecule has 5 rings (SSSR count). The first-order valence-corrected chi connectivity index (χ1v) is 8.87. The van der Waals surface area contributed by atoms with Crippen molar-refractivity contribution in [2.45, 2.75) is 0 Å². The van der Waals surface area contributed by atoms with Crippen LogP contribution in [-0.4, -0.2) is 19.7 Å². The minimum Gasteiger partial charge on any atom is -0.338 e. The average molecular weight is 372 g/mol. The Morgan fingerprint density at radius 1 is 0.926 bits per heavy atom. The van der Waals surface area contributed by atoms with E-state index in [1.807, 2.05) is 71.3 Å². The number of rotatable bonds is 3. The quantitative estimate of drug-likeness (QED) is 0.463. The lowest BCUT2D eigenvalue weighted by Crippen LogP contribution is -1.97. The molecule has 6 heteroatoms. The van der Waals surface area contributed by atoms with Crippen LogP contribution in [-0.2, 0) is 0 Å². The van der Waals surface area contributed by atoms with Gasteiger partial charge in [-0.05, 0) is 30.3 Å². The fourth-order valence-corrected chi connectivity index (χ4v) is 3.41. The molecule has 2 aromatic heterocycles. The minimum absolute atomic E-state index is 0.685. The van der Waals surface area contributed by atoms with Crippen LogP contribution >= 0.6 is 11.6 Å². The van der Waals surface area contributed by atoms with E-state index in [0.717, 1.165) is 39.0 Å². The number of imidazole rings is 1. The Balaban J connectivity index is 1.55. The Kier molecular flexibility index (Phi) is 3.73. The van der Waals surface area contributed by atoms with E-state index in [1.54, 1.807) is 12.5 Å². The van der Waals surface area contributed by atoms with Crippen molar-refractivity contribution < 1.29 is 0 Å². The molecule has 5 aromatic rings. The molecule has 1 N–H and O–H groups in total. The summed E-state index contributed by atoms with van der Waals surface area (Å²) >= 11 is 6.33. The number of nitrogens with one attached hydrogen (secondary N) is 1. The molecule has 3 aromatic carbocycles. The summed E-state index contributed by atoms with van der Waals surface area (Å²) in [7, 11) is 0. The molecule has 2 heterocycles. The number of fused-ring (bicyclic) bond motifs is 2. The molecule has 27 heavy (non-hydrogen) atoms. The molecule has 0 saturated heterocycles. The van der Waals surface area contributed by atoms with Crippen LogP contribution in [0.15, 0.2) is 79.3 Å². The first-order chi connectivity index (χ1) is 13.3. The van der Waals surface area contributed by atoms with E-state index in [2.05, 4.69) is 20.5 Å². The van der Waals surface area contributed by atoms with Crippen molar-refractivity contribution in [3.63, 3.8) is 0 Å². The third kappa shape index (κ3) is 2.78. The highest BCUT2D eigenvalue weighted by molar-refractivity contribution is 6.32. The Labute approximate surface area is 160 Å². The maximum atomic E-state index is 6.33. The van der Waals surface area contributed by atoms with Gasteiger partial charge in [-0.3, -0.25) is 4.57 Å². The van der Waals surface area contributed by atoms with Gasteiger partial charge in [0, 0.05) is 16.5 Å². The van der Waals surface area contributed by atoms with Crippen LogP contribution in [0.5, 0.6) is 0 Å². The highest BCUT2D eigenvalue weighted by Gasteiger charge is 2.09. The van der Waals surface area contributed by atoms with Gasteiger partial charge in [0.15, 0.2) is 5.82 Å². The Hall–Kier alpha value is -3.44. The molecular weight excluding hydrogens is 358 g/mol. The first-order valence-electron chi connectivity index (χ1n) is 8.49. The lowest BCUT2D eigenvalue weighted by Gasteiger charge is -2.09. The second-order valence-corrected chi connectivity index (χ2v) is 6.58. The highest BCUT2D eigenvalue weighted by Crippen LogP contribution is 2.28. The summed E-state index contributed by atoms with van der Waals surface area (Å²) in [5, 5.41) is 14.4. The predicted molar refractivity (Wildman–Crippen MR) is 109 cm³/mol. The van der Waals surface area contributed by atoms with Gasteiger partial charge in [0.2, 0.25) is 0 Å². The monoisotopic (exact) mass is 371 g/mol. The SMILES string of the molecule is Clc1ccccc1-n1cnc2cc(Nc3nncc4ccccc34)ccc21. The summed E-state index contributed by atoms with van der Waals surface area (Å²) in [6.07, 6.45) is 3.54. The third-order valence-electron chi connectivity index (χ3n) is 4.49. The fourth-order valence-electron chi connectivity index (χ4n) is 3.19. The van der Waals surface area contributed by atoms with Gasteiger partial charge in [0.1, 0.15) is 6.33 Å². The summed E-state index contributed by atoms with van der Waals surface area (Å²) in [5.41, 5.74) is 3.66. The molecule has 0 aliphatic rings. The van der Waals surface area contributed by atoms with Gasteiger partial charge in [0.25, 0.3) is 0 Å². The second kappa shape index (κ2) is 6.37. The Morgan fingerprint density at radius 3 is 2.70 bits per heavy atom. The van der Waals surface area contributed by atoms with Crippen LogP contribution in [0.3, 0.4) is 0 Å². The molecule has 0 saturated carbocycles. The van der Waals surface area contributed by atoms with Crippen LogP contribution in [0, 0.1) is 0 Å². The van der Waals surface area contributed by atoms with Crippen LogP contribution in [0.4, 0.5) is 11.5 Å². The van der Waals surface area contributed by atoms with Crippen molar-refractivity contribution in [2.75, 3.05) is 5.32 Å². The Bertz CT molecular complexity index is 1270. The number of aromatic nitrogens is 4. The molecule has 0 aliphatic heterocycles. The minimum atomic E-state index is 0.685. The topological polar surface area (TPSA) is 55.6 Å². The normalized spacial score (nSPS) is 11.1. The molecule has 5 nitrogen and oxygen atoms in total. The number of anilines is 2. The van der Waals surface area contributed by atoms with Gasteiger partial charge >= 0.3 is 0 Å². The summed E-state index contributed by atoms with van der Waals surface area (Å²) < 4.78 is 1.99. The largest absolute Gasteiger partial charge is 0.338 e. The maximum Gasteiger partial charge on any atom is 0.160 e. The van der Waals surface area contributed by atoms with E-state index in [4.69, 9.17) is 11.6 Å². The molecule has 0 radical (unpaired) electrons. The Morgan fingerprint density at radius 2 is 1.78 bits per heavy atom. The molecular formula is C21H14ClN5. The van der Waals surface area contributed by atoms with Crippen molar-refractivity contribution >= 4 is 44.9 Å². The lowest BCUT2D eigenvalue weighted by atomic mass is 10.2. The number of nitrogens with zero attached hydrogens (tertiary/aromatic N) is 4. The van der Waals surface area contributed by atoms with Gasteiger partial charge in [0.05, 0.1) is 27.9 Å². The van der Waals surface area contributed by atoms with Crippen molar-refractivity contribution in [3.8, 4) is 5.69 Å². The molecule has 0 spiro atoms. The van der Waals surface area contributed by atoms with Crippen molar-refractivity contribution in [2.24, 2.45) is 0 Å². The molecule has 0 fully saturated rings. The first kappa shape index (κ1) is 15.8. The maximum absolute atomic E-state index is 6.33. The smallest absolute Gasteiger partial charge is 0.160 e. The van der Waals surface area contributed by atoms with E-state index in [-0.39, 0.29) is 0 Å². The van der Waals surface area contributed by atoms with Crippen molar-refractivity contribution in [3.05, 3.63) is 84.3 Å². The number of para-hydroxylation sites is 1. The number of hydrogen-bond donors (Lipinski definition) is 1. The highest BCUT2D eigenvalue weighted by atomic mass is 35.5. The number of halogens is 1. The molecule has 0 bridgehead atoms. The molecule has 0 aliphatic carbocycles. The van der Waals surface area contributed by atoms with Crippen LogP contribution in [0.1, 0.15) is 0 Å². The lowest BCUT2D eigenvalue weighted by molar-refractivity contribution is 1.05.